The minimum Gasteiger partial charge on any atom is -0.389 e. The van der Waals surface area contributed by atoms with E-state index in [0.29, 0.717) is 13.1 Å². The molecule has 1 rings (SSSR count). The van der Waals surface area contributed by atoms with Gasteiger partial charge in [-0.1, -0.05) is 12.1 Å². The smallest absolute Gasteiger partial charge is 0.237 e. The fourth-order valence-corrected chi connectivity index (χ4v) is 2.55. The second-order valence-electron chi connectivity index (χ2n) is 7.77. The van der Waals surface area contributed by atoms with Crippen molar-refractivity contribution in [3.63, 3.8) is 0 Å². The maximum Gasteiger partial charge on any atom is 0.237 e. The Morgan fingerprint density at radius 2 is 1.83 bits per heavy atom. The van der Waals surface area contributed by atoms with E-state index in [-0.39, 0.29) is 23.8 Å². The molecule has 0 aliphatic heterocycles. The molecule has 0 spiro atoms. The van der Waals surface area contributed by atoms with E-state index in [2.05, 4.69) is 0 Å². The number of carbonyl (C=O) groups excluding carboxylic acids is 1. The number of carbonyl (C=O) groups is 1. The number of halogens is 1. The fourth-order valence-electron chi connectivity index (χ4n) is 2.55. The predicted octanol–water partition coefficient (Wildman–Crippen LogP) is 2.66. The number of hydrogen-bond donors (Lipinski definition) is 1. The summed E-state index contributed by atoms with van der Waals surface area (Å²) in [6, 6.07) is 6.31. The fraction of sp³-hybridized carbons (Fsp3) is 0.611. The van der Waals surface area contributed by atoms with Gasteiger partial charge in [-0.15, -0.1) is 0 Å². The summed E-state index contributed by atoms with van der Waals surface area (Å²) in [5, 5.41) is 9.86. The Morgan fingerprint density at radius 3 is 2.30 bits per heavy atom. The molecule has 23 heavy (non-hydrogen) atoms. The van der Waals surface area contributed by atoms with Crippen molar-refractivity contribution in [1.29, 1.82) is 0 Å². The van der Waals surface area contributed by atoms with Crippen molar-refractivity contribution in [1.82, 2.24) is 9.80 Å². The first-order valence-corrected chi connectivity index (χ1v) is 7.84. The van der Waals surface area contributed by atoms with Crippen LogP contribution >= 0.6 is 0 Å². The van der Waals surface area contributed by atoms with Crippen molar-refractivity contribution in [3.05, 3.63) is 35.6 Å². The summed E-state index contributed by atoms with van der Waals surface area (Å²) < 4.78 is 13.4. The Hall–Kier alpha value is -1.46. The zero-order chi connectivity index (χ0) is 17.8. The first-order chi connectivity index (χ1) is 10.4. The first-order valence-electron chi connectivity index (χ1n) is 7.84. The number of benzene rings is 1. The van der Waals surface area contributed by atoms with Gasteiger partial charge in [-0.3, -0.25) is 9.69 Å². The Bertz CT molecular complexity index is 533. The molecule has 0 atom stereocenters. The van der Waals surface area contributed by atoms with Gasteiger partial charge in [-0.05, 0) is 59.4 Å². The van der Waals surface area contributed by atoms with Crippen LogP contribution in [0.25, 0.3) is 0 Å². The summed E-state index contributed by atoms with van der Waals surface area (Å²) in [7, 11) is 1.80. The highest BCUT2D eigenvalue weighted by Crippen LogP contribution is 2.19. The minimum atomic E-state index is -0.857. The minimum absolute atomic E-state index is 0.0477. The van der Waals surface area contributed by atoms with Crippen LogP contribution in [0.15, 0.2) is 24.3 Å². The Balaban J connectivity index is 2.84. The Labute approximate surface area is 138 Å². The maximum atomic E-state index is 13.4. The lowest BCUT2D eigenvalue weighted by molar-refractivity contribution is -0.138. The Kier molecular flexibility index (Phi) is 6.31. The monoisotopic (exact) mass is 324 g/mol. The van der Waals surface area contributed by atoms with Gasteiger partial charge in [-0.2, -0.15) is 0 Å². The van der Waals surface area contributed by atoms with Crippen LogP contribution < -0.4 is 0 Å². The van der Waals surface area contributed by atoms with Crippen LogP contribution in [0.1, 0.15) is 40.2 Å². The topological polar surface area (TPSA) is 43.8 Å². The SMILES string of the molecule is CN(CC(=O)N(Cc1cccc(F)c1)C(C)(C)C)CC(C)(C)O. The predicted molar refractivity (Wildman–Crippen MR) is 90.5 cm³/mol. The van der Waals surface area contributed by atoms with Gasteiger partial charge in [0.15, 0.2) is 0 Å². The first kappa shape index (κ1) is 19.6. The second kappa shape index (κ2) is 7.41. The van der Waals surface area contributed by atoms with E-state index in [1.54, 1.807) is 36.8 Å². The van der Waals surface area contributed by atoms with E-state index in [9.17, 15) is 14.3 Å². The third kappa shape index (κ3) is 7.10. The summed E-state index contributed by atoms with van der Waals surface area (Å²) >= 11 is 0. The summed E-state index contributed by atoms with van der Waals surface area (Å²) in [5.74, 6) is -0.350. The van der Waals surface area contributed by atoms with Gasteiger partial charge < -0.3 is 10.0 Å². The van der Waals surface area contributed by atoms with Crippen molar-refractivity contribution in [2.45, 2.75) is 52.3 Å². The molecule has 0 bridgehead atoms. The van der Waals surface area contributed by atoms with Crippen molar-refractivity contribution in [2.24, 2.45) is 0 Å². The number of hydrogen-bond acceptors (Lipinski definition) is 3. The quantitative estimate of drug-likeness (QED) is 0.875. The van der Waals surface area contributed by atoms with Crippen LogP contribution in [0.2, 0.25) is 0 Å². The largest absolute Gasteiger partial charge is 0.389 e. The van der Waals surface area contributed by atoms with E-state index >= 15 is 0 Å². The number of aliphatic hydroxyl groups is 1. The summed E-state index contributed by atoms with van der Waals surface area (Å²) in [6.07, 6.45) is 0. The summed E-state index contributed by atoms with van der Waals surface area (Å²) in [6.45, 7) is 10.3. The normalized spacial score (nSPS) is 12.6. The lowest BCUT2D eigenvalue weighted by Crippen LogP contribution is -2.50. The molecule has 0 aliphatic rings. The number of amides is 1. The van der Waals surface area contributed by atoms with Gasteiger partial charge in [0, 0.05) is 18.6 Å². The van der Waals surface area contributed by atoms with Crippen molar-refractivity contribution in [3.8, 4) is 0 Å². The van der Waals surface area contributed by atoms with Gasteiger partial charge in [0.2, 0.25) is 5.91 Å². The van der Waals surface area contributed by atoms with Gasteiger partial charge in [-0.25, -0.2) is 4.39 Å². The molecule has 0 saturated carbocycles. The van der Waals surface area contributed by atoms with Crippen molar-refractivity contribution in [2.75, 3.05) is 20.1 Å². The molecule has 5 heteroatoms. The van der Waals surface area contributed by atoms with Gasteiger partial charge in [0.1, 0.15) is 5.82 Å². The molecule has 1 amide bonds. The summed E-state index contributed by atoms with van der Waals surface area (Å²) in [5.41, 5.74) is -0.471. The molecule has 4 nitrogen and oxygen atoms in total. The molecular formula is C18H29FN2O2. The van der Waals surface area contributed by atoms with Crippen LogP contribution in [0.3, 0.4) is 0 Å². The van der Waals surface area contributed by atoms with Crippen molar-refractivity contribution >= 4 is 5.91 Å². The van der Waals surface area contributed by atoms with E-state index < -0.39 is 5.60 Å². The van der Waals surface area contributed by atoms with E-state index in [1.165, 1.54) is 12.1 Å². The average Bonchev–Trinajstić information content (AvgIpc) is 2.31. The van der Waals surface area contributed by atoms with Crippen LogP contribution in [-0.2, 0) is 11.3 Å². The van der Waals surface area contributed by atoms with Gasteiger partial charge >= 0.3 is 0 Å². The second-order valence-corrected chi connectivity index (χ2v) is 7.77. The lowest BCUT2D eigenvalue weighted by atomic mass is 10.0. The van der Waals surface area contributed by atoms with Gasteiger partial charge in [0.25, 0.3) is 0 Å². The Morgan fingerprint density at radius 1 is 1.22 bits per heavy atom. The molecule has 130 valence electrons. The van der Waals surface area contributed by atoms with Crippen LogP contribution in [0.4, 0.5) is 4.39 Å². The molecule has 1 N–H and O–H groups in total. The standard InChI is InChI=1S/C18H29FN2O2/c1-17(2,3)21(11-14-8-7-9-15(19)10-14)16(22)12-20(6)13-18(4,5)23/h7-10,23H,11-13H2,1-6H3. The van der Waals surface area contributed by atoms with E-state index in [4.69, 9.17) is 0 Å². The van der Waals surface area contributed by atoms with Crippen LogP contribution in [-0.4, -0.2) is 52.1 Å². The molecule has 1 aromatic rings. The van der Waals surface area contributed by atoms with Crippen LogP contribution in [0.5, 0.6) is 0 Å². The molecule has 0 aliphatic carbocycles. The molecular weight excluding hydrogens is 295 g/mol. The molecule has 0 saturated heterocycles. The number of rotatable bonds is 6. The van der Waals surface area contributed by atoms with Crippen molar-refractivity contribution < 1.29 is 14.3 Å². The number of nitrogens with zero attached hydrogens (tertiary/aromatic N) is 2. The molecule has 0 heterocycles. The third-order valence-corrected chi connectivity index (χ3v) is 3.40. The summed E-state index contributed by atoms with van der Waals surface area (Å²) in [4.78, 5) is 16.2. The van der Waals surface area contributed by atoms with E-state index in [0.717, 1.165) is 5.56 Å². The third-order valence-electron chi connectivity index (χ3n) is 3.40. The maximum absolute atomic E-state index is 13.4. The van der Waals surface area contributed by atoms with E-state index in [1.807, 2.05) is 26.8 Å². The zero-order valence-corrected chi connectivity index (χ0v) is 15.1. The number of likely N-dealkylation sites (N-methyl/N-ethyl adjacent to an activating group) is 1. The molecule has 0 aromatic heterocycles. The molecule has 0 radical (unpaired) electrons. The molecule has 1 aromatic carbocycles. The highest BCUT2D eigenvalue weighted by molar-refractivity contribution is 5.79. The average molecular weight is 324 g/mol. The van der Waals surface area contributed by atoms with Crippen LogP contribution in [0, 0.1) is 5.82 Å². The lowest BCUT2D eigenvalue weighted by Gasteiger charge is -2.37. The highest BCUT2D eigenvalue weighted by Gasteiger charge is 2.28. The highest BCUT2D eigenvalue weighted by atomic mass is 19.1. The molecule has 0 unspecified atom stereocenters. The zero-order valence-electron chi connectivity index (χ0n) is 15.1. The molecule has 0 fully saturated rings. The van der Waals surface area contributed by atoms with Gasteiger partial charge in [0.05, 0.1) is 12.1 Å².